The minimum absolute atomic E-state index is 0.0115. The van der Waals surface area contributed by atoms with Crippen LogP contribution in [0.15, 0.2) is 40.8 Å². The smallest absolute Gasteiger partial charge is 0.322 e. The molecule has 3 heterocycles. The van der Waals surface area contributed by atoms with E-state index in [2.05, 4.69) is 15.5 Å². The lowest BCUT2D eigenvalue weighted by atomic mass is 10.2. The van der Waals surface area contributed by atoms with E-state index in [-0.39, 0.29) is 18.7 Å². The van der Waals surface area contributed by atoms with Gasteiger partial charge in [0, 0.05) is 11.1 Å². The number of carbonyl (C=O) groups excluding carboxylic acids is 1. The van der Waals surface area contributed by atoms with Crippen molar-refractivity contribution in [2.75, 3.05) is 25.3 Å². The Bertz CT molecular complexity index is 1030. The molecule has 0 bridgehead atoms. The summed E-state index contributed by atoms with van der Waals surface area (Å²) in [5.74, 6) is 2.26. The lowest BCUT2D eigenvalue weighted by molar-refractivity contribution is 0.102. The molecule has 1 N–H and O–H groups in total. The van der Waals surface area contributed by atoms with Gasteiger partial charge in [0.1, 0.15) is 13.2 Å². The van der Waals surface area contributed by atoms with Crippen LogP contribution in [0.25, 0.3) is 11.5 Å². The van der Waals surface area contributed by atoms with E-state index in [0.717, 1.165) is 0 Å². The van der Waals surface area contributed by atoms with Gasteiger partial charge in [0.25, 0.3) is 5.91 Å². The maximum atomic E-state index is 12.4. The van der Waals surface area contributed by atoms with Crippen molar-refractivity contribution in [1.82, 2.24) is 10.2 Å². The second-order valence-electron chi connectivity index (χ2n) is 5.79. The number of hydrogen-bond donors (Lipinski definition) is 1. The number of rotatable bonds is 3. The Kier molecular flexibility index (Phi) is 3.56. The van der Waals surface area contributed by atoms with Crippen LogP contribution in [-0.2, 0) is 0 Å². The van der Waals surface area contributed by atoms with Crippen LogP contribution in [-0.4, -0.2) is 36.1 Å². The standard InChI is InChI=1S/C18H13N3O6/c22-16(10-1-3-12-14(7-10)24-6-5-23-12)19-18-21-20-17(27-18)11-2-4-13-15(8-11)26-9-25-13/h1-4,7-8H,5-6,9H2,(H,19,21,22). The maximum Gasteiger partial charge on any atom is 0.322 e. The summed E-state index contributed by atoms with van der Waals surface area (Å²) in [5.41, 5.74) is 1.05. The summed E-state index contributed by atoms with van der Waals surface area (Å²) in [6.07, 6.45) is 0. The number of nitrogens with one attached hydrogen (secondary N) is 1. The van der Waals surface area contributed by atoms with E-state index in [1.807, 2.05) is 0 Å². The summed E-state index contributed by atoms with van der Waals surface area (Å²) in [6, 6.07) is 10.2. The Morgan fingerprint density at radius 1 is 0.852 bits per heavy atom. The molecular formula is C18H13N3O6. The van der Waals surface area contributed by atoms with Gasteiger partial charge in [-0.05, 0) is 36.4 Å². The van der Waals surface area contributed by atoms with Gasteiger partial charge in [0.2, 0.25) is 12.7 Å². The van der Waals surface area contributed by atoms with Crippen molar-refractivity contribution in [1.29, 1.82) is 0 Å². The molecule has 0 fully saturated rings. The predicted octanol–water partition coefficient (Wildman–Crippen LogP) is 2.49. The maximum absolute atomic E-state index is 12.4. The lowest BCUT2D eigenvalue weighted by Crippen LogP contribution is -2.17. The van der Waals surface area contributed by atoms with E-state index in [9.17, 15) is 4.79 Å². The number of aromatic nitrogens is 2. The van der Waals surface area contributed by atoms with Gasteiger partial charge in [0.15, 0.2) is 23.0 Å². The molecule has 3 aromatic rings. The first-order chi connectivity index (χ1) is 13.3. The molecule has 9 nitrogen and oxygen atoms in total. The van der Waals surface area contributed by atoms with Crippen LogP contribution in [0.4, 0.5) is 6.01 Å². The second-order valence-corrected chi connectivity index (χ2v) is 5.79. The number of fused-ring (bicyclic) bond motifs is 2. The molecule has 0 saturated heterocycles. The van der Waals surface area contributed by atoms with E-state index in [4.69, 9.17) is 23.4 Å². The minimum atomic E-state index is -0.395. The summed E-state index contributed by atoms with van der Waals surface area (Å²) >= 11 is 0. The zero-order valence-corrected chi connectivity index (χ0v) is 13.9. The quantitative estimate of drug-likeness (QED) is 0.753. The molecule has 2 aliphatic rings. The van der Waals surface area contributed by atoms with Crippen LogP contribution < -0.4 is 24.3 Å². The number of benzene rings is 2. The molecule has 9 heteroatoms. The largest absolute Gasteiger partial charge is 0.486 e. The highest BCUT2D eigenvalue weighted by Gasteiger charge is 2.19. The van der Waals surface area contributed by atoms with Gasteiger partial charge in [0.05, 0.1) is 0 Å². The van der Waals surface area contributed by atoms with E-state index in [1.54, 1.807) is 36.4 Å². The molecule has 0 aliphatic carbocycles. The van der Waals surface area contributed by atoms with E-state index < -0.39 is 5.91 Å². The number of anilines is 1. The fraction of sp³-hybridized carbons (Fsp3) is 0.167. The zero-order valence-electron chi connectivity index (χ0n) is 13.9. The van der Waals surface area contributed by atoms with Gasteiger partial charge in [-0.3, -0.25) is 10.1 Å². The first-order valence-electron chi connectivity index (χ1n) is 8.21. The Morgan fingerprint density at radius 2 is 1.59 bits per heavy atom. The van der Waals surface area contributed by atoms with E-state index in [0.29, 0.717) is 47.3 Å². The normalized spacial score (nSPS) is 14.1. The van der Waals surface area contributed by atoms with Gasteiger partial charge in [-0.25, -0.2) is 0 Å². The fourth-order valence-corrected chi connectivity index (χ4v) is 2.77. The molecule has 0 radical (unpaired) electrons. The Labute approximate surface area is 152 Å². The summed E-state index contributed by atoms with van der Waals surface area (Å²) in [6.45, 7) is 1.11. The van der Waals surface area contributed by atoms with Crippen molar-refractivity contribution in [2.45, 2.75) is 0 Å². The SMILES string of the molecule is O=C(Nc1nnc(-c2ccc3c(c2)OCO3)o1)c1ccc2c(c1)OCCO2. The molecule has 136 valence electrons. The Balaban J connectivity index is 1.34. The Morgan fingerprint density at radius 3 is 2.52 bits per heavy atom. The average Bonchev–Trinajstić information content (AvgIpc) is 3.36. The fourth-order valence-electron chi connectivity index (χ4n) is 2.77. The van der Waals surface area contributed by atoms with Crippen LogP contribution in [0.2, 0.25) is 0 Å². The third kappa shape index (κ3) is 2.88. The van der Waals surface area contributed by atoms with Gasteiger partial charge in [-0.15, -0.1) is 5.10 Å². The molecule has 27 heavy (non-hydrogen) atoms. The van der Waals surface area contributed by atoms with Crippen LogP contribution in [0.1, 0.15) is 10.4 Å². The van der Waals surface area contributed by atoms with E-state index in [1.165, 1.54) is 0 Å². The Hall–Kier alpha value is -3.75. The van der Waals surface area contributed by atoms with Crippen molar-refractivity contribution in [3.05, 3.63) is 42.0 Å². The minimum Gasteiger partial charge on any atom is -0.486 e. The van der Waals surface area contributed by atoms with Crippen LogP contribution >= 0.6 is 0 Å². The van der Waals surface area contributed by atoms with Crippen molar-refractivity contribution < 1.29 is 28.2 Å². The van der Waals surface area contributed by atoms with Crippen LogP contribution in [0.5, 0.6) is 23.0 Å². The molecule has 5 rings (SSSR count). The molecule has 2 aromatic carbocycles. The van der Waals surface area contributed by atoms with Gasteiger partial charge in [-0.1, -0.05) is 5.10 Å². The number of nitrogens with zero attached hydrogens (tertiary/aromatic N) is 2. The first-order valence-corrected chi connectivity index (χ1v) is 8.21. The van der Waals surface area contributed by atoms with Crippen molar-refractivity contribution in [3.63, 3.8) is 0 Å². The van der Waals surface area contributed by atoms with Crippen molar-refractivity contribution >= 4 is 11.9 Å². The molecule has 0 saturated carbocycles. The summed E-state index contributed by atoms with van der Waals surface area (Å²) < 4.78 is 27.1. The zero-order chi connectivity index (χ0) is 18.2. The monoisotopic (exact) mass is 367 g/mol. The molecule has 0 unspecified atom stereocenters. The highest BCUT2D eigenvalue weighted by atomic mass is 16.7. The summed E-state index contributed by atoms with van der Waals surface area (Å²) in [7, 11) is 0. The van der Waals surface area contributed by atoms with Crippen LogP contribution in [0, 0.1) is 0 Å². The second kappa shape index (κ2) is 6.20. The third-order valence-electron chi connectivity index (χ3n) is 4.07. The van der Waals surface area contributed by atoms with Gasteiger partial charge in [-0.2, -0.15) is 0 Å². The predicted molar refractivity (Wildman–Crippen MR) is 91.2 cm³/mol. The van der Waals surface area contributed by atoms with Crippen molar-refractivity contribution in [3.8, 4) is 34.5 Å². The summed E-state index contributed by atoms with van der Waals surface area (Å²) in [4.78, 5) is 12.4. The van der Waals surface area contributed by atoms with Gasteiger partial charge >= 0.3 is 6.01 Å². The van der Waals surface area contributed by atoms with E-state index >= 15 is 0 Å². The molecule has 2 aliphatic heterocycles. The number of amides is 1. The molecule has 1 aromatic heterocycles. The summed E-state index contributed by atoms with van der Waals surface area (Å²) in [5, 5.41) is 10.4. The molecule has 1 amide bonds. The van der Waals surface area contributed by atoms with Crippen LogP contribution in [0.3, 0.4) is 0 Å². The number of ether oxygens (including phenoxy) is 4. The highest BCUT2D eigenvalue weighted by molar-refractivity contribution is 6.03. The number of carbonyl (C=O) groups is 1. The number of hydrogen-bond acceptors (Lipinski definition) is 8. The lowest BCUT2D eigenvalue weighted by Gasteiger charge is -2.18. The molecule has 0 spiro atoms. The average molecular weight is 367 g/mol. The van der Waals surface area contributed by atoms with Crippen molar-refractivity contribution in [2.24, 2.45) is 0 Å². The molecule has 0 atom stereocenters. The van der Waals surface area contributed by atoms with Gasteiger partial charge < -0.3 is 23.4 Å². The molecular weight excluding hydrogens is 354 g/mol. The third-order valence-corrected chi connectivity index (χ3v) is 4.07. The topological polar surface area (TPSA) is 105 Å². The first kappa shape index (κ1) is 15.5. The highest BCUT2D eigenvalue weighted by Crippen LogP contribution is 2.36.